The highest BCUT2D eigenvalue weighted by atomic mass is 32.2. The van der Waals surface area contributed by atoms with Crippen molar-refractivity contribution in [1.82, 2.24) is 9.21 Å². The fraction of sp³-hybridized carbons (Fsp3) is 0.333. The molecule has 6 nitrogen and oxygen atoms in total. The van der Waals surface area contributed by atoms with Gasteiger partial charge in [-0.25, -0.2) is 8.42 Å². The molecule has 1 saturated heterocycles. The highest BCUT2D eigenvalue weighted by molar-refractivity contribution is 7.89. The van der Waals surface area contributed by atoms with Crippen molar-refractivity contribution in [2.24, 2.45) is 0 Å². The molecule has 0 aromatic heterocycles. The number of benzene rings is 2. The third-order valence-corrected chi connectivity index (χ3v) is 6.77. The molecule has 1 amide bonds. The van der Waals surface area contributed by atoms with Gasteiger partial charge in [0.15, 0.2) is 5.78 Å². The predicted octanol–water partition coefficient (Wildman–Crippen LogP) is 2.65. The van der Waals surface area contributed by atoms with Crippen LogP contribution in [0.4, 0.5) is 0 Å². The maximum atomic E-state index is 12.9. The van der Waals surface area contributed by atoms with Gasteiger partial charge in [0.2, 0.25) is 10.0 Å². The molecular weight excluding hydrogens is 376 g/mol. The second-order valence-electron chi connectivity index (χ2n) is 7.16. The average Bonchev–Trinajstić information content (AvgIpc) is 2.67. The Hall–Kier alpha value is -2.51. The molecule has 2 aromatic rings. The van der Waals surface area contributed by atoms with Crippen molar-refractivity contribution in [3.63, 3.8) is 0 Å². The summed E-state index contributed by atoms with van der Waals surface area (Å²) in [4.78, 5) is 26.1. The van der Waals surface area contributed by atoms with Crippen LogP contribution < -0.4 is 0 Å². The number of amides is 1. The summed E-state index contributed by atoms with van der Waals surface area (Å²) in [5, 5.41) is 0. The van der Waals surface area contributed by atoms with E-state index in [-0.39, 0.29) is 29.7 Å². The molecular formula is C21H24N2O4S. The summed E-state index contributed by atoms with van der Waals surface area (Å²) in [6, 6.07) is 11.8. The van der Waals surface area contributed by atoms with Gasteiger partial charge >= 0.3 is 0 Å². The Balaban J connectivity index is 1.73. The van der Waals surface area contributed by atoms with E-state index in [1.165, 1.54) is 23.4 Å². The molecule has 0 spiro atoms. The highest BCUT2D eigenvalue weighted by Gasteiger charge is 2.30. The average molecular weight is 401 g/mol. The van der Waals surface area contributed by atoms with Crippen molar-refractivity contribution in [2.45, 2.75) is 25.7 Å². The van der Waals surface area contributed by atoms with Gasteiger partial charge in [0, 0.05) is 37.3 Å². The maximum Gasteiger partial charge on any atom is 0.253 e. The number of ketones is 1. The smallest absolute Gasteiger partial charge is 0.253 e. The van der Waals surface area contributed by atoms with E-state index in [2.05, 4.69) is 0 Å². The Labute approximate surface area is 165 Å². The number of Topliss-reactive ketones (excluding diaryl/α,β-unsaturated/α-hetero) is 1. The predicted molar refractivity (Wildman–Crippen MR) is 107 cm³/mol. The summed E-state index contributed by atoms with van der Waals surface area (Å²) in [5.41, 5.74) is 3.04. The number of piperazine rings is 1. The van der Waals surface area contributed by atoms with Crippen LogP contribution in [0.2, 0.25) is 0 Å². The molecule has 0 saturated carbocycles. The first-order valence-corrected chi connectivity index (χ1v) is 10.6. The Morgan fingerprint density at radius 1 is 0.857 bits per heavy atom. The van der Waals surface area contributed by atoms with E-state index in [4.69, 9.17) is 0 Å². The van der Waals surface area contributed by atoms with E-state index in [0.29, 0.717) is 24.2 Å². The van der Waals surface area contributed by atoms with Crippen molar-refractivity contribution in [1.29, 1.82) is 0 Å². The zero-order chi connectivity index (χ0) is 20.5. The molecule has 0 atom stereocenters. The lowest BCUT2D eigenvalue weighted by molar-refractivity contribution is 0.0697. The minimum atomic E-state index is -3.70. The molecule has 3 rings (SSSR count). The van der Waals surface area contributed by atoms with Crippen molar-refractivity contribution < 1.29 is 18.0 Å². The zero-order valence-electron chi connectivity index (χ0n) is 16.3. The van der Waals surface area contributed by atoms with E-state index in [9.17, 15) is 18.0 Å². The standard InChI is InChI=1S/C21H24N2O4S/c1-15-11-16(2)13-19(12-15)21(25)22-7-9-23(10-8-22)28(26,27)20-6-4-5-18(14-20)17(3)24/h4-6,11-14H,7-10H2,1-3H3. The van der Waals surface area contributed by atoms with Crippen LogP contribution in [0.25, 0.3) is 0 Å². The number of sulfonamides is 1. The number of nitrogens with zero attached hydrogens (tertiary/aromatic N) is 2. The monoisotopic (exact) mass is 400 g/mol. The molecule has 1 heterocycles. The minimum absolute atomic E-state index is 0.0811. The van der Waals surface area contributed by atoms with Gasteiger partial charge in [-0.05, 0) is 45.0 Å². The van der Waals surface area contributed by atoms with Crippen LogP contribution in [-0.2, 0) is 10.0 Å². The summed E-state index contributed by atoms with van der Waals surface area (Å²) in [5.74, 6) is -0.261. The van der Waals surface area contributed by atoms with E-state index < -0.39 is 10.0 Å². The Kier molecular flexibility index (Phi) is 5.67. The summed E-state index contributed by atoms with van der Waals surface area (Å²) in [7, 11) is -3.70. The quantitative estimate of drug-likeness (QED) is 0.740. The molecule has 0 N–H and O–H groups in total. The van der Waals surface area contributed by atoms with Crippen molar-refractivity contribution in [2.75, 3.05) is 26.2 Å². The lowest BCUT2D eigenvalue weighted by Gasteiger charge is -2.34. The van der Waals surface area contributed by atoms with Crippen LogP contribution in [-0.4, -0.2) is 55.5 Å². The number of carbonyl (C=O) groups is 2. The number of aryl methyl sites for hydroxylation is 2. The topological polar surface area (TPSA) is 74.8 Å². The number of hydrogen-bond donors (Lipinski definition) is 0. The van der Waals surface area contributed by atoms with Gasteiger partial charge in [-0.2, -0.15) is 4.31 Å². The first kappa shape index (κ1) is 20.2. The fourth-order valence-corrected chi connectivity index (χ4v) is 4.91. The summed E-state index contributed by atoms with van der Waals surface area (Å²) >= 11 is 0. The van der Waals surface area contributed by atoms with E-state index in [0.717, 1.165) is 11.1 Å². The Morgan fingerprint density at radius 2 is 1.46 bits per heavy atom. The van der Waals surface area contributed by atoms with Crippen molar-refractivity contribution in [3.8, 4) is 0 Å². The van der Waals surface area contributed by atoms with Gasteiger partial charge in [-0.3, -0.25) is 9.59 Å². The Bertz CT molecular complexity index is 1000. The lowest BCUT2D eigenvalue weighted by atomic mass is 10.1. The summed E-state index contributed by atoms with van der Waals surface area (Å²) < 4.78 is 27.2. The lowest BCUT2D eigenvalue weighted by Crippen LogP contribution is -2.50. The van der Waals surface area contributed by atoms with Crippen molar-refractivity contribution >= 4 is 21.7 Å². The fourth-order valence-electron chi connectivity index (χ4n) is 3.44. The van der Waals surface area contributed by atoms with E-state index >= 15 is 0 Å². The number of rotatable bonds is 4. The molecule has 0 bridgehead atoms. The van der Waals surface area contributed by atoms with Crippen LogP contribution in [0.3, 0.4) is 0 Å². The SMILES string of the molecule is CC(=O)c1cccc(S(=O)(=O)N2CCN(C(=O)c3cc(C)cc(C)c3)CC2)c1. The molecule has 1 fully saturated rings. The van der Waals surface area contributed by atoms with Gasteiger partial charge in [-0.15, -0.1) is 0 Å². The first-order chi connectivity index (χ1) is 13.2. The molecule has 28 heavy (non-hydrogen) atoms. The Morgan fingerprint density at radius 3 is 2.04 bits per heavy atom. The molecule has 0 radical (unpaired) electrons. The third kappa shape index (κ3) is 4.15. The molecule has 1 aliphatic heterocycles. The van der Waals surface area contributed by atoms with Gasteiger partial charge in [-0.1, -0.05) is 29.3 Å². The molecule has 148 valence electrons. The van der Waals surface area contributed by atoms with Crippen molar-refractivity contribution in [3.05, 3.63) is 64.7 Å². The number of carbonyl (C=O) groups excluding carboxylic acids is 2. The van der Waals surface area contributed by atoms with Crippen LogP contribution >= 0.6 is 0 Å². The van der Waals surface area contributed by atoms with Crippen LogP contribution in [0, 0.1) is 13.8 Å². The molecule has 2 aromatic carbocycles. The van der Waals surface area contributed by atoms with Gasteiger partial charge < -0.3 is 4.90 Å². The van der Waals surface area contributed by atoms with Crippen LogP contribution in [0.1, 0.15) is 38.8 Å². The summed E-state index contributed by atoms with van der Waals surface area (Å²) in [6.45, 7) is 6.41. The van der Waals surface area contributed by atoms with E-state index in [1.807, 2.05) is 32.0 Å². The van der Waals surface area contributed by atoms with Gasteiger partial charge in [0.05, 0.1) is 4.90 Å². The summed E-state index contributed by atoms with van der Waals surface area (Å²) in [6.07, 6.45) is 0. The second-order valence-corrected chi connectivity index (χ2v) is 9.09. The van der Waals surface area contributed by atoms with Gasteiger partial charge in [0.25, 0.3) is 5.91 Å². The zero-order valence-corrected chi connectivity index (χ0v) is 17.1. The molecule has 7 heteroatoms. The number of hydrogen-bond acceptors (Lipinski definition) is 4. The van der Waals surface area contributed by atoms with E-state index in [1.54, 1.807) is 17.0 Å². The normalized spacial score (nSPS) is 15.5. The largest absolute Gasteiger partial charge is 0.336 e. The minimum Gasteiger partial charge on any atom is -0.336 e. The molecule has 1 aliphatic rings. The maximum absolute atomic E-state index is 12.9. The highest BCUT2D eigenvalue weighted by Crippen LogP contribution is 2.20. The second kappa shape index (κ2) is 7.85. The molecule has 0 aliphatic carbocycles. The van der Waals surface area contributed by atoms with Gasteiger partial charge in [0.1, 0.15) is 0 Å². The third-order valence-electron chi connectivity index (χ3n) is 4.87. The van der Waals surface area contributed by atoms with Crippen LogP contribution in [0.5, 0.6) is 0 Å². The molecule has 0 unspecified atom stereocenters. The van der Waals surface area contributed by atoms with Crippen LogP contribution in [0.15, 0.2) is 47.4 Å². The first-order valence-electron chi connectivity index (χ1n) is 9.17.